The van der Waals surface area contributed by atoms with Crippen molar-refractivity contribution in [1.29, 1.82) is 0 Å². The number of benzene rings is 1. The van der Waals surface area contributed by atoms with Crippen LogP contribution in [0.2, 0.25) is 0 Å². The Labute approximate surface area is 179 Å². The van der Waals surface area contributed by atoms with Crippen LogP contribution in [0.4, 0.5) is 13.2 Å². The number of nitrogens with zero attached hydrogens (tertiary/aromatic N) is 1. The number of rotatable bonds is 5. The molecule has 3 atom stereocenters. The highest BCUT2D eigenvalue weighted by Crippen LogP contribution is 2.45. The van der Waals surface area contributed by atoms with Crippen molar-refractivity contribution in [1.82, 2.24) is 15.5 Å². The van der Waals surface area contributed by atoms with Crippen LogP contribution in [0.3, 0.4) is 0 Å². The molecule has 6 nitrogen and oxygen atoms in total. The van der Waals surface area contributed by atoms with Gasteiger partial charge in [-0.15, -0.1) is 0 Å². The van der Waals surface area contributed by atoms with Crippen molar-refractivity contribution in [2.75, 3.05) is 19.6 Å². The van der Waals surface area contributed by atoms with E-state index in [1.807, 2.05) is 0 Å². The molecule has 1 saturated heterocycles. The predicted molar refractivity (Wildman–Crippen MR) is 107 cm³/mol. The molecule has 3 aliphatic rings. The van der Waals surface area contributed by atoms with Crippen LogP contribution in [0.15, 0.2) is 24.3 Å². The lowest BCUT2D eigenvalue weighted by Gasteiger charge is -2.39. The van der Waals surface area contributed by atoms with Gasteiger partial charge < -0.3 is 15.7 Å². The van der Waals surface area contributed by atoms with Gasteiger partial charge in [-0.05, 0) is 62.1 Å². The normalized spacial score (nSPS) is 30.9. The van der Waals surface area contributed by atoms with E-state index in [1.165, 1.54) is 12.1 Å². The van der Waals surface area contributed by atoms with Gasteiger partial charge in [-0.3, -0.25) is 14.5 Å². The highest BCUT2D eigenvalue weighted by atomic mass is 19.4. The molecule has 4 rings (SSSR count). The van der Waals surface area contributed by atoms with E-state index in [4.69, 9.17) is 0 Å². The second-order valence-electron chi connectivity index (χ2n) is 9.02. The van der Waals surface area contributed by atoms with Gasteiger partial charge in [0.2, 0.25) is 5.91 Å². The fourth-order valence-corrected chi connectivity index (χ4v) is 5.61. The third kappa shape index (κ3) is 5.03. The Morgan fingerprint density at radius 3 is 2.52 bits per heavy atom. The summed E-state index contributed by atoms with van der Waals surface area (Å²) in [6.45, 7) is 1.36. The summed E-state index contributed by atoms with van der Waals surface area (Å²) in [4.78, 5) is 26.8. The number of likely N-dealkylation sites (tertiary alicyclic amines) is 1. The second kappa shape index (κ2) is 8.78. The Balaban J connectivity index is 1.24. The Hall–Kier alpha value is -2.13. The Kier molecular flexibility index (Phi) is 6.25. The number of hydrogen-bond acceptors (Lipinski definition) is 4. The number of alkyl halides is 3. The number of aliphatic hydroxyl groups excluding tert-OH is 1. The Morgan fingerprint density at radius 1 is 1.13 bits per heavy atom. The number of hydrogen-bond donors (Lipinski definition) is 3. The van der Waals surface area contributed by atoms with Gasteiger partial charge in [-0.25, -0.2) is 0 Å². The summed E-state index contributed by atoms with van der Waals surface area (Å²) in [5, 5.41) is 15.3. The molecule has 0 radical (unpaired) electrons. The molecule has 2 amide bonds. The highest BCUT2D eigenvalue weighted by molar-refractivity contribution is 5.96. The van der Waals surface area contributed by atoms with Crippen molar-refractivity contribution in [3.63, 3.8) is 0 Å². The average Bonchev–Trinajstić information content (AvgIpc) is 3.27. The topological polar surface area (TPSA) is 81.7 Å². The molecule has 2 aliphatic carbocycles. The Morgan fingerprint density at radius 2 is 1.84 bits per heavy atom. The van der Waals surface area contributed by atoms with E-state index >= 15 is 0 Å². The molecule has 0 aromatic heterocycles. The van der Waals surface area contributed by atoms with E-state index in [9.17, 15) is 27.9 Å². The van der Waals surface area contributed by atoms with Crippen LogP contribution in [0.25, 0.3) is 0 Å². The zero-order valence-electron chi connectivity index (χ0n) is 17.2. The number of halogens is 3. The van der Waals surface area contributed by atoms with Crippen molar-refractivity contribution < 1.29 is 27.9 Å². The van der Waals surface area contributed by atoms with Crippen molar-refractivity contribution in [2.45, 2.75) is 56.5 Å². The molecular formula is C22H28F3N3O3. The van der Waals surface area contributed by atoms with E-state index in [1.54, 1.807) is 0 Å². The number of carbonyl (C=O) groups is 2. The number of fused-ring (bicyclic) bond motifs is 2. The molecule has 9 heteroatoms. The molecule has 1 heterocycles. The first-order chi connectivity index (χ1) is 14.7. The third-order valence-corrected chi connectivity index (χ3v) is 6.89. The van der Waals surface area contributed by atoms with Gasteiger partial charge in [0.05, 0.1) is 18.2 Å². The number of aliphatic hydroxyl groups is 1. The van der Waals surface area contributed by atoms with Crippen molar-refractivity contribution in [3.05, 3.63) is 35.4 Å². The molecule has 1 aliphatic heterocycles. The minimum absolute atomic E-state index is 0.00999. The SMILES string of the molecule is O=C(CNC(=O)c1cccc(C(F)(F)F)c1)NC1CCN(C2C3CCC2CC(O)C3)C1. The maximum atomic E-state index is 12.8. The summed E-state index contributed by atoms with van der Waals surface area (Å²) in [7, 11) is 0. The van der Waals surface area contributed by atoms with Crippen LogP contribution in [-0.4, -0.2) is 59.6 Å². The highest BCUT2D eigenvalue weighted by Gasteiger charge is 2.46. The van der Waals surface area contributed by atoms with Crippen LogP contribution in [0.1, 0.15) is 48.0 Å². The van der Waals surface area contributed by atoms with Crippen LogP contribution in [0.5, 0.6) is 0 Å². The van der Waals surface area contributed by atoms with Gasteiger partial charge in [0.1, 0.15) is 0 Å². The smallest absolute Gasteiger partial charge is 0.393 e. The maximum Gasteiger partial charge on any atom is 0.416 e. The minimum Gasteiger partial charge on any atom is -0.393 e. The number of nitrogens with one attached hydrogen (secondary N) is 2. The van der Waals surface area contributed by atoms with Crippen molar-refractivity contribution in [3.8, 4) is 0 Å². The zero-order chi connectivity index (χ0) is 22.2. The van der Waals surface area contributed by atoms with Crippen LogP contribution in [0, 0.1) is 11.8 Å². The first-order valence-corrected chi connectivity index (χ1v) is 10.9. The second-order valence-corrected chi connectivity index (χ2v) is 9.02. The molecule has 1 aromatic rings. The summed E-state index contributed by atoms with van der Waals surface area (Å²) in [6.07, 6.45) is 0.131. The molecule has 2 bridgehead atoms. The van der Waals surface area contributed by atoms with Gasteiger partial charge in [0, 0.05) is 30.7 Å². The molecule has 170 valence electrons. The lowest BCUT2D eigenvalue weighted by molar-refractivity contribution is -0.137. The van der Waals surface area contributed by atoms with E-state index in [0.29, 0.717) is 17.9 Å². The lowest BCUT2D eigenvalue weighted by atomic mass is 9.81. The fraction of sp³-hybridized carbons (Fsp3) is 0.636. The summed E-state index contributed by atoms with van der Waals surface area (Å²) < 4.78 is 38.4. The number of carbonyl (C=O) groups excluding carboxylic acids is 2. The van der Waals surface area contributed by atoms with Crippen LogP contribution in [-0.2, 0) is 11.0 Å². The van der Waals surface area contributed by atoms with Crippen molar-refractivity contribution in [2.24, 2.45) is 11.8 Å². The van der Waals surface area contributed by atoms with Gasteiger partial charge >= 0.3 is 6.18 Å². The molecule has 2 saturated carbocycles. The minimum atomic E-state index is -4.53. The van der Waals surface area contributed by atoms with Gasteiger partial charge in [-0.1, -0.05) is 6.07 Å². The van der Waals surface area contributed by atoms with Gasteiger partial charge in [0.25, 0.3) is 5.91 Å². The van der Waals surface area contributed by atoms with Gasteiger partial charge in [-0.2, -0.15) is 13.2 Å². The monoisotopic (exact) mass is 439 g/mol. The summed E-state index contributed by atoms with van der Waals surface area (Å²) >= 11 is 0. The number of amides is 2. The Bertz CT molecular complexity index is 818. The largest absolute Gasteiger partial charge is 0.416 e. The van der Waals surface area contributed by atoms with Gasteiger partial charge in [0.15, 0.2) is 0 Å². The van der Waals surface area contributed by atoms with E-state index in [-0.39, 0.29) is 30.2 Å². The predicted octanol–water partition coefficient (Wildman–Crippen LogP) is 2.18. The molecular weight excluding hydrogens is 411 g/mol. The quantitative estimate of drug-likeness (QED) is 0.657. The zero-order valence-corrected chi connectivity index (χ0v) is 17.2. The van der Waals surface area contributed by atoms with E-state index in [0.717, 1.165) is 57.3 Å². The van der Waals surface area contributed by atoms with Crippen LogP contribution < -0.4 is 10.6 Å². The third-order valence-electron chi connectivity index (χ3n) is 6.89. The molecule has 0 spiro atoms. The molecule has 31 heavy (non-hydrogen) atoms. The summed E-state index contributed by atoms with van der Waals surface area (Å²) in [6, 6.07) is 4.59. The molecule has 3 fully saturated rings. The maximum absolute atomic E-state index is 12.8. The fourth-order valence-electron chi connectivity index (χ4n) is 5.61. The summed E-state index contributed by atoms with van der Waals surface area (Å²) in [5.74, 6) is -0.0224. The van der Waals surface area contributed by atoms with Crippen LogP contribution >= 0.6 is 0 Å². The first kappa shape index (κ1) is 22.1. The lowest BCUT2D eigenvalue weighted by Crippen LogP contribution is -2.48. The summed E-state index contributed by atoms with van der Waals surface area (Å²) in [5.41, 5.74) is -1.04. The molecule has 3 N–H and O–H groups in total. The van der Waals surface area contributed by atoms with Crippen molar-refractivity contribution >= 4 is 11.8 Å². The first-order valence-electron chi connectivity index (χ1n) is 10.9. The standard InChI is InChI=1S/C22H28F3N3O3/c23-22(24,25)16-3-1-2-15(8-16)21(31)26-11-19(30)27-17-6-7-28(12-17)20-13-4-5-14(20)10-18(29)9-13/h1-3,8,13-14,17-18,20,29H,4-7,9-12H2,(H,26,31)(H,27,30). The molecule has 1 aromatic carbocycles. The van der Waals surface area contributed by atoms with E-state index in [2.05, 4.69) is 15.5 Å². The molecule has 3 unspecified atom stereocenters. The van der Waals surface area contributed by atoms with E-state index < -0.39 is 17.6 Å². The average molecular weight is 439 g/mol.